The number of nitrogens with zero attached hydrogens (tertiary/aromatic N) is 4. The van der Waals surface area contributed by atoms with E-state index in [2.05, 4.69) is 36.5 Å². The fraction of sp³-hybridized carbons (Fsp3) is 0.500. The number of rotatable bonds is 5. The topological polar surface area (TPSA) is 64.7 Å². The first-order valence-electron chi connectivity index (χ1n) is 10.6. The molecule has 1 unspecified atom stereocenters. The second kappa shape index (κ2) is 7.08. The van der Waals surface area contributed by atoms with E-state index in [1.807, 2.05) is 15.2 Å². The predicted octanol–water partition coefficient (Wildman–Crippen LogP) is 3.65. The molecule has 4 aliphatic rings. The molecule has 146 valence electrons. The molecule has 3 aliphatic heterocycles. The molecule has 1 aromatic carbocycles. The van der Waals surface area contributed by atoms with Crippen LogP contribution in [0.4, 0.5) is 5.82 Å². The van der Waals surface area contributed by atoms with Gasteiger partial charge in [0, 0.05) is 25.0 Å². The van der Waals surface area contributed by atoms with Crippen molar-refractivity contribution in [1.29, 1.82) is 0 Å². The van der Waals surface area contributed by atoms with Gasteiger partial charge in [-0.2, -0.15) is 0 Å². The van der Waals surface area contributed by atoms with Gasteiger partial charge in [-0.05, 0) is 31.2 Å². The fourth-order valence-corrected chi connectivity index (χ4v) is 4.74. The van der Waals surface area contributed by atoms with E-state index in [0.29, 0.717) is 19.0 Å². The van der Waals surface area contributed by atoms with Crippen molar-refractivity contribution in [2.75, 3.05) is 5.32 Å². The number of aromatic nitrogens is 4. The summed E-state index contributed by atoms with van der Waals surface area (Å²) in [7, 11) is 0. The van der Waals surface area contributed by atoms with Gasteiger partial charge in [0.25, 0.3) is 0 Å². The zero-order valence-corrected chi connectivity index (χ0v) is 16.4. The van der Waals surface area contributed by atoms with E-state index in [4.69, 9.17) is 9.97 Å². The van der Waals surface area contributed by atoms with Crippen LogP contribution in [0, 0.1) is 0 Å². The van der Waals surface area contributed by atoms with Crippen molar-refractivity contribution in [3.8, 4) is 11.5 Å². The van der Waals surface area contributed by atoms with Crippen molar-refractivity contribution in [2.45, 2.75) is 70.5 Å². The van der Waals surface area contributed by atoms with Crippen molar-refractivity contribution >= 4 is 5.82 Å². The summed E-state index contributed by atoms with van der Waals surface area (Å²) in [6.07, 6.45) is 6.62. The third-order valence-corrected chi connectivity index (χ3v) is 6.11. The van der Waals surface area contributed by atoms with Crippen molar-refractivity contribution in [3.63, 3.8) is 0 Å². The molecule has 0 aromatic heterocycles. The van der Waals surface area contributed by atoms with Crippen LogP contribution in [-0.2, 0) is 19.5 Å². The van der Waals surface area contributed by atoms with Gasteiger partial charge in [-0.3, -0.25) is 9.13 Å². The Labute approximate surface area is 165 Å². The molecule has 1 aromatic rings. The van der Waals surface area contributed by atoms with Crippen LogP contribution in [0.25, 0.3) is 11.5 Å². The minimum absolute atomic E-state index is 0.0327. The van der Waals surface area contributed by atoms with E-state index in [0.717, 1.165) is 48.8 Å². The van der Waals surface area contributed by atoms with Gasteiger partial charge in [-0.25, -0.2) is 14.8 Å². The molecule has 6 heteroatoms. The zero-order valence-electron chi connectivity index (χ0n) is 16.4. The average Bonchev–Trinajstić information content (AvgIpc) is 3.44. The van der Waals surface area contributed by atoms with E-state index in [1.54, 1.807) is 0 Å². The summed E-state index contributed by atoms with van der Waals surface area (Å²) in [6, 6.07) is 10.6. The lowest BCUT2D eigenvalue weighted by molar-refractivity contribution is 0.560. The molecule has 0 radical (unpaired) electrons. The van der Waals surface area contributed by atoms with E-state index in [9.17, 15) is 4.79 Å². The number of anilines is 1. The van der Waals surface area contributed by atoms with Crippen LogP contribution in [0.5, 0.6) is 0 Å². The van der Waals surface area contributed by atoms with Gasteiger partial charge in [-0.1, -0.05) is 50.1 Å². The Morgan fingerprint density at radius 1 is 1.14 bits per heavy atom. The van der Waals surface area contributed by atoms with E-state index in [1.165, 1.54) is 18.4 Å². The van der Waals surface area contributed by atoms with Crippen molar-refractivity contribution in [2.24, 2.45) is 0 Å². The number of hydrogen-bond donors (Lipinski definition) is 1. The monoisotopic (exact) mass is 377 g/mol. The molecule has 6 nitrogen and oxygen atoms in total. The van der Waals surface area contributed by atoms with Gasteiger partial charge < -0.3 is 5.32 Å². The van der Waals surface area contributed by atoms with Crippen LogP contribution in [0.15, 0.2) is 35.1 Å². The van der Waals surface area contributed by atoms with Crippen LogP contribution in [0.3, 0.4) is 0 Å². The summed E-state index contributed by atoms with van der Waals surface area (Å²) in [5, 5.41) is 3.59. The molecule has 1 fully saturated rings. The molecular formula is C22H27N5O. The molecule has 0 amide bonds. The third kappa shape index (κ3) is 2.91. The Bertz CT molecular complexity index is 1000. The molecule has 1 aliphatic carbocycles. The SMILES string of the molecule is CCCn1c2nc(C3CCCC3)nc-2c2n(c1=O)CC(Cc1ccccc1)N2. The van der Waals surface area contributed by atoms with Gasteiger partial charge in [0.05, 0.1) is 0 Å². The van der Waals surface area contributed by atoms with Gasteiger partial charge in [0.1, 0.15) is 17.3 Å². The summed E-state index contributed by atoms with van der Waals surface area (Å²) < 4.78 is 3.70. The van der Waals surface area contributed by atoms with E-state index in [-0.39, 0.29) is 11.7 Å². The lowest BCUT2D eigenvalue weighted by atomic mass is 10.1. The molecule has 0 bridgehead atoms. The maximum absolute atomic E-state index is 13.2. The molecule has 3 heterocycles. The average molecular weight is 377 g/mol. The van der Waals surface area contributed by atoms with Crippen molar-refractivity contribution in [1.82, 2.24) is 19.1 Å². The Kier molecular flexibility index (Phi) is 4.41. The largest absolute Gasteiger partial charge is 0.365 e. The Balaban J connectivity index is 1.55. The Morgan fingerprint density at radius 3 is 2.68 bits per heavy atom. The molecule has 0 spiro atoms. The van der Waals surface area contributed by atoms with Gasteiger partial charge in [0.2, 0.25) is 0 Å². The standard InChI is InChI=1S/C22H27N5O/c1-2-12-26-21-18(24-19(25-21)16-10-6-7-11-16)20-23-17(14-27(20)22(26)28)13-15-8-4-3-5-9-15/h3-5,8-9,16-17,23H,2,6-7,10-14H2,1H3. The van der Waals surface area contributed by atoms with E-state index < -0.39 is 0 Å². The number of benzene rings is 1. The quantitative estimate of drug-likeness (QED) is 0.737. The summed E-state index contributed by atoms with van der Waals surface area (Å²) in [5.41, 5.74) is 2.18. The van der Waals surface area contributed by atoms with Crippen LogP contribution in [0.2, 0.25) is 0 Å². The normalized spacial score (nSPS) is 19.2. The van der Waals surface area contributed by atoms with E-state index >= 15 is 0 Å². The minimum Gasteiger partial charge on any atom is -0.365 e. The minimum atomic E-state index is 0.0327. The predicted molar refractivity (Wildman–Crippen MR) is 110 cm³/mol. The number of nitrogens with one attached hydrogen (secondary N) is 1. The molecule has 0 saturated heterocycles. The van der Waals surface area contributed by atoms with Gasteiger partial charge >= 0.3 is 5.69 Å². The van der Waals surface area contributed by atoms with Crippen molar-refractivity contribution < 1.29 is 0 Å². The molecule has 1 N–H and O–H groups in total. The summed E-state index contributed by atoms with van der Waals surface area (Å²) in [6.45, 7) is 3.46. The lowest BCUT2D eigenvalue weighted by Gasteiger charge is -2.13. The Morgan fingerprint density at radius 2 is 1.93 bits per heavy atom. The molecule has 5 rings (SSSR count). The van der Waals surface area contributed by atoms with Crippen LogP contribution in [0.1, 0.15) is 56.3 Å². The first-order chi connectivity index (χ1) is 13.7. The van der Waals surface area contributed by atoms with Crippen LogP contribution in [-0.4, -0.2) is 25.1 Å². The van der Waals surface area contributed by atoms with Crippen LogP contribution >= 0.6 is 0 Å². The third-order valence-electron chi connectivity index (χ3n) is 6.11. The highest BCUT2D eigenvalue weighted by atomic mass is 16.1. The summed E-state index contributed by atoms with van der Waals surface area (Å²) in [4.78, 5) is 23.0. The fourth-order valence-electron chi connectivity index (χ4n) is 4.74. The maximum atomic E-state index is 13.2. The first kappa shape index (κ1) is 17.5. The molecule has 1 atom stereocenters. The number of hydrogen-bond acceptors (Lipinski definition) is 4. The van der Waals surface area contributed by atoms with Gasteiger partial charge in [-0.15, -0.1) is 0 Å². The molecule has 28 heavy (non-hydrogen) atoms. The second-order valence-electron chi connectivity index (χ2n) is 8.16. The highest BCUT2D eigenvalue weighted by molar-refractivity contribution is 5.70. The maximum Gasteiger partial charge on any atom is 0.331 e. The zero-order chi connectivity index (χ0) is 19.1. The highest BCUT2D eigenvalue weighted by Crippen LogP contribution is 2.37. The number of fused-ring (bicyclic) bond motifs is 3. The summed E-state index contributed by atoms with van der Waals surface area (Å²) >= 11 is 0. The van der Waals surface area contributed by atoms with Gasteiger partial charge in [0.15, 0.2) is 5.82 Å². The van der Waals surface area contributed by atoms with Crippen LogP contribution < -0.4 is 11.0 Å². The summed E-state index contributed by atoms with van der Waals surface area (Å²) in [5.74, 6) is 2.98. The molecule has 1 saturated carbocycles. The highest BCUT2D eigenvalue weighted by Gasteiger charge is 2.33. The smallest absolute Gasteiger partial charge is 0.331 e. The lowest BCUT2D eigenvalue weighted by Crippen LogP contribution is -2.32. The first-order valence-corrected chi connectivity index (χ1v) is 10.6. The second-order valence-corrected chi connectivity index (χ2v) is 8.16. The molecular weight excluding hydrogens is 350 g/mol. The Hall–Kier alpha value is -2.63. The van der Waals surface area contributed by atoms with Crippen molar-refractivity contribution in [3.05, 3.63) is 52.2 Å². The number of imidazole rings is 1.